The molecule has 1 amide bonds. The van der Waals surface area contributed by atoms with Crippen LogP contribution in [0, 0.1) is 5.41 Å². The first-order chi connectivity index (χ1) is 9.57. The molecule has 0 spiro atoms. The van der Waals surface area contributed by atoms with Gasteiger partial charge in [-0.25, -0.2) is 9.78 Å². The lowest BCUT2D eigenvalue weighted by Gasteiger charge is -2.34. The van der Waals surface area contributed by atoms with Crippen LogP contribution >= 0.6 is 11.3 Å². The van der Waals surface area contributed by atoms with Crippen LogP contribution < -0.4 is 5.32 Å². The molecule has 0 saturated heterocycles. The Labute approximate surface area is 122 Å². The van der Waals surface area contributed by atoms with Crippen molar-refractivity contribution in [2.75, 3.05) is 0 Å². The minimum absolute atomic E-state index is 0.0436. The standard InChI is InChI=1S/C14H20N2O3S/c1-2-14(6-4-3-5-7-14)13(19)15-8-11-16-10(9-20-11)12(17)18/h9H,2-8H2,1H3,(H,15,19)(H,17,18). The van der Waals surface area contributed by atoms with Gasteiger partial charge < -0.3 is 10.4 Å². The predicted octanol–water partition coefficient (Wildman–Crippen LogP) is 2.82. The molecular weight excluding hydrogens is 276 g/mol. The third-order valence-electron chi connectivity index (χ3n) is 4.14. The first kappa shape index (κ1) is 15.0. The number of thiazole rings is 1. The lowest BCUT2D eigenvalue weighted by Crippen LogP contribution is -2.41. The number of carboxylic acid groups (broad SMARTS) is 1. The van der Waals surface area contributed by atoms with Crippen molar-refractivity contribution in [3.05, 3.63) is 16.1 Å². The number of nitrogens with zero attached hydrogens (tertiary/aromatic N) is 1. The van der Waals surface area contributed by atoms with Gasteiger partial charge in [0, 0.05) is 10.8 Å². The number of hydrogen-bond donors (Lipinski definition) is 2. The number of carboxylic acids is 1. The molecule has 20 heavy (non-hydrogen) atoms. The first-order valence-corrected chi connectivity index (χ1v) is 7.91. The summed E-state index contributed by atoms with van der Waals surface area (Å²) < 4.78 is 0. The molecule has 2 rings (SSSR count). The number of aromatic nitrogens is 1. The lowest BCUT2D eigenvalue weighted by atomic mass is 9.71. The van der Waals surface area contributed by atoms with Crippen molar-refractivity contribution in [1.29, 1.82) is 0 Å². The van der Waals surface area contributed by atoms with Gasteiger partial charge in [-0.1, -0.05) is 26.2 Å². The predicted molar refractivity (Wildman–Crippen MR) is 76.7 cm³/mol. The zero-order valence-corrected chi connectivity index (χ0v) is 12.5. The molecule has 5 nitrogen and oxygen atoms in total. The molecule has 0 atom stereocenters. The van der Waals surface area contributed by atoms with E-state index in [2.05, 4.69) is 17.2 Å². The van der Waals surface area contributed by atoms with Crippen LogP contribution in [0.1, 0.15) is 60.9 Å². The fourth-order valence-corrected chi connectivity index (χ4v) is 3.51. The number of rotatable bonds is 5. The van der Waals surface area contributed by atoms with E-state index < -0.39 is 5.97 Å². The molecule has 0 aromatic carbocycles. The summed E-state index contributed by atoms with van der Waals surface area (Å²) >= 11 is 1.27. The molecule has 0 radical (unpaired) electrons. The van der Waals surface area contributed by atoms with E-state index in [9.17, 15) is 9.59 Å². The highest BCUT2D eigenvalue weighted by Crippen LogP contribution is 2.39. The summed E-state index contributed by atoms with van der Waals surface area (Å²) in [6, 6.07) is 0. The van der Waals surface area contributed by atoms with Crippen LogP contribution in [0.2, 0.25) is 0 Å². The van der Waals surface area contributed by atoms with Gasteiger partial charge in [-0.2, -0.15) is 0 Å². The van der Waals surface area contributed by atoms with Crippen molar-refractivity contribution >= 4 is 23.2 Å². The van der Waals surface area contributed by atoms with Crippen molar-refractivity contribution < 1.29 is 14.7 Å². The summed E-state index contributed by atoms with van der Waals surface area (Å²) in [6.07, 6.45) is 6.20. The third kappa shape index (κ3) is 3.17. The van der Waals surface area contributed by atoms with Crippen LogP contribution in [0.25, 0.3) is 0 Å². The van der Waals surface area contributed by atoms with Crippen molar-refractivity contribution in [1.82, 2.24) is 10.3 Å². The van der Waals surface area contributed by atoms with Crippen LogP contribution in [0.4, 0.5) is 0 Å². The summed E-state index contributed by atoms with van der Waals surface area (Å²) in [5, 5.41) is 13.9. The zero-order valence-electron chi connectivity index (χ0n) is 11.6. The normalized spacial score (nSPS) is 17.6. The van der Waals surface area contributed by atoms with Crippen LogP contribution in [0.15, 0.2) is 5.38 Å². The highest BCUT2D eigenvalue weighted by atomic mass is 32.1. The van der Waals surface area contributed by atoms with E-state index in [1.54, 1.807) is 0 Å². The summed E-state index contributed by atoms with van der Waals surface area (Å²) in [5.74, 6) is -0.942. The molecule has 1 aromatic heterocycles. The van der Waals surface area contributed by atoms with Gasteiger partial charge in [-0.15, -0.1) is 11.3 Å². The Hall–Kier alpha value is -1.43. The summed E-state index contributed by atoms with van der Waals surface area (Å²) in [5.41, 5.74) is -0.187. The molecule has 1 saturated carbocycles. The average molecular weight is 296 g/mol. The second-order valence-corrected chi connectivity index (χ2v) is 6.25. The molecule has 1 aliphatic rings. The van der Waals surface area contributed by atoms with Crippen molar-refractivity contribution in [3.8, 4) is 0 Å². The van der Waals surface area contributed by atoms with Crippen LogP contribution in [-0.4, -0.2) is 22.0 Å². The largest absolute Gasteiger partial charge is 0.476 e. The Balaban J connectivity index is 1.94. The lowest BCUT2D eigenvalue weighted by molar-refractivity contribution is -0.133. The van der Waals surface area contributed by atoms with E-state index in [-0.39, 0.29) is 17.0 Å². The minimum Gasteiger partial charge on any atom is -0.476 e. The Morgan fingerprint density at radius 3 is 2.65 bits per heavy atom. The summed E-state index contributed by atoms with van der Waals surface area (Å²) in [7, 11) is 0. The van der Waals surface area contributed by atoms with Crippen molar-refractivity contribution in [2.45, 2.75) is 52.0 Å². The van der Waals surface area contributed by atoms with Gasteiger partial charge >= 0.3 is 5.97 Å². The smallest absolute Gasteiger partial charge is 0.355 e. The van der Waals surface area contributed by atoms with Crippen LogP contribution in [0.5, 0.6) is 0 Å². The molecule has 1 heterocycles. The number of aromatic carboxylic acids is 1. The average Bonchev–Trinajstić information content (AvgIpc) is 2.94. The Bertz CT molecular complexity index is 492. The van der Waals surface area contributed by atoms with Gasteiger partial charge in [0.25, 0.3) is 0 Å². The van der Waals surface area contributed by atoms with E-state index in [1.807, 2.05) is 0 Å². The van der Waals surface area contributed by atoms with Gasteiger partial charge in [0.1, 0.15) is 5.01 Å². The highest BCUT2D eigenvalue weighted by molar-refractivity contribution is 7.09. The Morgan fingerprint density at radius 2 is 2.10 bits per heavy atom. The summed E-state index contributed by atoms with van der Waals surface area (Å²) in [6.45, 7) is 2.38. The van der Waals surface area contributed by atoms with Gasteiger partial charge in [-0.05, 0) is 19.3 Å². The maximum atomic E-state index is 12.4. The third-order valence-corrected chi connectivity index (χ3v) is 4.99. The van der Waals surface area contributed by atoms with Gasteiger partial charge in [0.2, 0.25) is 5.91 Å². The molecule has 0 bridgehead atoms. The zero-order chi connectivity index (χ0) is 14.6. The molecule has 6 heteroatoms. The Kier molecular flexibility index (Phi) is 4.75. The van der Waals surface area contributed by atoms with Gasteiger partial charge in [-0.3, -0.25) is 4.79 Å². The van der Waals surface area contributed by atoms with E-state index >= 15 is 0 Å². The second-order valence-electron chi connectivity index (χ2n) is 5.31. The number of carbonyl (C=O) groups is 2. The number of amides is 1. The topological polar surface area (TPSA) is 79.3 Å². The number of hydrogen-bond acceptors (Lipinski definition) is 4. The second kappa shape index (κ2) is 6.35. The van der Waals surface area contributed by atoms with Crippen LogP contribution in [0.3, 0.4) is 0 Å². The minimum atomic E-state index is -1.03. The SMILES string of the molecule is CCC1(C(=O)NCc2nc(C(=O)O)cs2)CCCCC1. The fourth-order valence-electron chi connectivity index (χ4n) is 2.80. The monoisotopic (exact) mass is 296 g/mol. The van der Waals surface area contributed by atoms with E-state index in [0.717, 1.165) is 32.1 Å². The van der Waals surface area contributed by atoms with Gasteiger partial charge in [0.05, 0.1) is 6.54 Å². The number of carbonyl (C=O) groups excluding carboxylic acids is 1. The molecule has 0 aliphatic heterocycles. The fraction of sp³-hybridized carbons (Fsp3) is 0.643. The molecule has 1 fully saturated rings. The highest BCUT2D eigenvalue weighted by Gasteiger charge is 2.37. The van der Waals surface area contributed by atoms with Crippen molar-refractivity contribution in [2.24, 2.45) is 5.41 Å². The molecule has 0 unspecified atom stereocenters. The molecule has 1 aromatic rings. The van der Waals surface area contributed by atoms with E-state index in [1.165, 1.54) is 23.1 Å². The maximum Gasteiger partial charge on any atom is 0.355 e. The first-order valence-electron chi connectivity index (χ1n) is 7.03. The van der Waals surface area contributed by atoms with E-state index in [4.69, 9.17) is 5.11 Å². The summed E-state index contributed by atoms with van der Waals surface area (Å²) in [4.78, 5) is 27.1. The van der Waals surface area contributed by atoms with E-state index in [0.29, 0.717) is 11.6 Å². The van der Waals surface area contributed by atoms with Crippen LogP contribution in [-0.2, 0) is 11.3 Å². The molecular formula is C14H20N2O3S. The van der Waals surface area contributed by atoms with Crippen molar-refractivity contribution in [3.63, 3.8) is 0 Å². The quantitative estimate of drug-likeness (QED) is 0.875. The number of nitrogens with one attached hydrogen (secondary N) is 1. The molecule has 2 N–H and O–H groups in total. The van der Waals surface area contributed by atoms with Gasteiger partial charge in [0.15, 0.2) is 5.69 Å². The molecule has 1 aliphatic carbocycles. The maximum absolute atomic E-state index is 12.4. The Morgan fingerprint density at radius 1 is 1.40 bits per heavy atom. The molecule has 110 valence electrons.